The van der Waals surface area contributed by atoms with Gasteiger partial charge in [0, 0.05) is 29.8 Å². The fraction of sp³-hybridized carbons (Fsp3) is 0.176. The van der Waals surface area contributed by atoms with Gasteiger partial charge >= 0.3 is 0 Å². The van der Waals surface area contributed by atoms with E-state index in [-0.39, 0.29) is 5.56 Å². The maximum Gasteiger partial charge on any atom is 0.258 e. The van der Waals surface area contributed by atoms with Gasteiger partial charge in [-0.05, 0) is 40.7 Å². The van der Waals surface area contributed by atoms with Gasteiger partial charge in [-0.2, -0.15) is 0 Å². The molecule has 0 unspecified atom stereocenters. The molecular formula is C17H16BrN3O. The van der Waals surface area contributed by atoms with Crippen molar-refractivity contribution in [2.45, 2.75) is 13.1 Å². The van der Waals surface area contributed by atoms with E-state index in [0.29, 0.717) is 12.2 Å². The lowest BCUT2D eigenvalue weighted by molar-refractivity contribution is 0.315. The molecule has 2 aromatic heterocycles. The second-order valence-corrected chi connectivity index (χ2v) is 6.23. The predicted molar refractivity (Wildman–Crippen MR) is 90.8 cm³/mol. The highest BCUT2D eigenvalue weighted by Gasteiger charge is 2.06. The van der Waals surface area contributed by atoms with E-state index in [2.05, 4.69) is 37.9 Å². The third-order valence-corrected chi connectivity index (χ3v) is 3.87. The van der Waals surface area contributed by atoms with Gasteiger partial charge in [0.1, 0.15) is 5.65 Å². The number of hydrogen-bond donors (Lipinski definition) is 0. The first-order valence-corrected chi connectivity index (χ1v) is 7.81. The van der Waals surface area contributed by atoms with Gasteiger partial charge in [0.05, 0.1) is 5.69 Å². The Labute approximate surface area is 137 Å². The number of pyridine rings is 1. The number of hydrogen-bond acceptors (Lipinski definition) is 3. The Morgan fingerprint density at radius 2 is 1.91 bits per heavy atom. The number of fused-ring (bicyclic) bond motifs is 1. The van der Waals surface area contributed by atoms with Crippen LogP contribution in [0.2, 0.25) is 0 Å². The lowest BCUT2D eigenvalue weighted by atomic mass is 10.2. The van der Waals surface area contributed by atoms with Crippen LogP contribution in [0.1, 0.15) is 11.3 Å². The molecule has 0 spiro atoms. The summed E-state index contributed by atoms with van der Waals surface area (Å²) in [5, 5.41) is 0. The number of halogens is 1. The summed E-state index contributed by atoms with van der Waals surface area (Å²) in [5.41, 5.74) is 2.63. The minimum Gasteiger partial charge on any atom is -0.296 e. The van der Waals surface area contributed by atoms with E-state index in [1.807, 2.05) is 37.4 Å². The molecule has 0 aliphatic carbocycles. The molecule has 0 bridgehead atoms. The third kappa shape index (κ3) is 3.43. The summed E-state index contributed by atoms with van der Waals surface area (Å²) in [5.74, 6) is 0. The summed E-state index contributed by atoms with van der Waals surface area (Å²) in [4.78, 5) is 18.9. The minimum atomic E-state index is -0.0607. The van der Waals surface area contributed by atoms with Gasteiger partial charge in [0.15, 0.2) is 0 Å². The van der Waals surface area contributed by atoms with Gasteiger partial charge in [-0.15, -0.1) is 0 Å². The van der Waals surface area contributed by atoms with Gasteiger partial charge in [0.2, 0.25) is 0 Å². The highest BCUT2D eigenvalue weighted by Crippen LogP contribution is 2.10. The van der Waals surface area contributed by atoms with Gasteiger partial charge in [-0.3, -0.25) is 14.1 Å². The van der Waals surface area contributed by atoms with Crippen molar-refractivity contribution < 1.29 is 0 Å². The van der Waals surface area contributed by atoms with Crippen molar-refractivity contribution in [3.05, 3.63) is 80.8 Å². The molecule has 0 saturated carbocycles. The molecule has 0 amide bonds. The van der Waals surface area contributed by atoms with Crippen LogP contribution < -0.4 is 5.56 Å². The van der Waals surface area contributed by atoms with Crippen molar-refractivity contribution >= 4 is 21.6 Å². The average Bonchev–Trinajstić information content (AvgIpc) is 2.49. The van der Waals surface area contributed by atoms with Gasteiger partial charge in [0.25, 0.3) is 5.56 Å². The highest BCUT2D eigenvalue weighted by molar-refractivity contribution is 9.10. The van der Waals surface area contributed by atoms with E-state index >= 15 is 0 Å². The zero-order chi connectivity index (χ0) is 15.5. The fourth-order valence-corrected chi connectivity index (χ4v) is 2.77. The topological polar surface area (TPSA) is 37.6 Å². The van der Waals surface area contributed by atoms with Crippen LogP contribution in [0.4, 0.5) is 0 Å². The first kappa shape index (κ1) is 14.9. The van der Waals surface area contributed by atoms with Crippen molar-refractivity contribution in [3.63, 3.8) is 0 Å². The largest absolute Gasteiger partial charge is 0.296 e. The van der Waals surface area contributed by atoms with Crippen LogP contribution in [-0.4, -0.2) is 21.3 Å². The highest BCUT2D eigenvalue weighted by atomic mass is 79.9. The minimum absolute atomic E-state index is 0.0607. The Morgan fingerprint density at radius 3 is 2.68 bits per heavy atom. The van der Waals surface area contributed by atoms with Gasteiger partial charge in [-0.25, -0.2) is 4.98 Å². The smallest absolute Gasteiger partial charge is 0.258 e. The molecule has 112 valence electrons. The molecule has 0 aliphatic rings. The number of benzene rings is 1. The summed E-state index contributed by atoms with van der Waals surface area (Å²) in [6.07, 6.45) is 1.74. The molecule has 0 saturated heterocycles. The van der Waals surface area contributed by atoms with Crippen LogP contribution in [0.3, 0.4) is 0 Å². The summed E-state index contributed by atoms with van der Waals surface area (Å²) in [6, 6.07) is 15.6. The second-order valence-electron chi connectivity index (χ2n) is 5.32. The first-order chi connectivity index (χ1) is 10.6. The molecule has 3 aromatic rings. The fourth-order valence-electron chi connectivity index (χ4n) is 2.43. The second kappa shape index (κ2) is 6.42. The lowest BCUT2D eigenvalue weighted by Crippen LogP contribution is -2.21. The normalized spacial score (nSPS) is 11.2. The molecule has 4 nitrogen and oxygen atoms in total. The number of rotatable bonds is 4. The summed E-state index contributed by atoms with van der Waals surface area (Å²) in [6.45, 7) is 1.46. The Morgan fingerprint density at radius 1 is 1.14 bits per heavy atom. The first-order valence-electron chi connectivity index (χ1n) is 7.02. The molecule has 0 fully saturated rings. The summed E-state index contributed by atoms with van der Waals surface area (Å²) < 4.78 is 2.41. The van der Waals surface area contributed by atoms with Crippen LogP contribution in [0.25, 0.3) is 5.65 Å². The molecule has 1 aromatic carbocycles. The average molecular weight is 358 g/mol. The standard InChI is InChI=1S/C17H16BrN3O/c1-20(10-13-5-3-2-4-6-13)12-15-9-17(22)21-11-14(18)7-8-16(21)19-15/h2-9,11H,10,12H2,1H3. The van der Waals surface area contributed by atoms with E-state index in [9.17, 15) is 4.79 Å². The van der Waals surface area contributed by atoms with Crippen molar-refractivity contribution in [1.29, 1.82) is 0 Å². The SMILES string of the molecule is CN(Cc1ccccc1)Cc1cc(=O)n2cc(Br)ccc2n1. The van der Waals surface area contributed by atoms with E-state index in [1.165, 1.54) is 5.56 Å². The molecule has 22 heavy (non-hydrogen) atoms. The van der Waals surface area contributed by atoms with Crippen LogP contribution in [0.5, 0.6) is 0 Å². The van der Waals surface area contributed by atoms with E-state index < -0.39 is 0 Å². The van der Waals surface area contributed by atoms with Gasteiger partial charge < -0.3 is 0 Å². The molecule has 0 radical (unpaired) electrons. The van der Waals surface area contributed by atoms with Crippen molar-refractivity contribution in [1.82, 2.24) is 14.3 Å². The quantitative estimate of drug-likeness (QED) is 0.719. The molecule has 0 N–H and O–H groups in total. The van der Waals surface area contributed by atoms with Crippen molar-refractivity contribution in [3.8, 4) is 0 Å². The van der Waals surface area contributed by atoms with Crippen LogP contribution in [0, 0.1) is 0 Å². The van der Waals surface area contributed by atoms with Crippen LogP contribution in [-0.2, 0) is 13.1 Å². The van der Waals surface area contributed by atoms with Crippen molar-refractivity contribution in [2.75, 3.05) is 7.05 Å². The maximum atomic E-state index is 12.2. The maximum absolute atomic E-state index is 12.2. The van der Waals surface area contributed by atoms with Crippen LogP contribution >= 0.6 is 15.9 Å². The van der Waals surface area contributed by atoms with E-state index in [0.717, 1.165) is 16.7 Å². The molecule has 0 atom stereocenters. The zero-order valence-corrected chi connectivity index (χ0v) is 13.8. The van der Waals surface area contributed by atoms with E-state index in [4.69, 9.17) is 0 Å². The summed E-state index contributed by atoms with van der Waals surface area (Å²) >= 11 is 3.37. The third-order valence-electron chi connectivity index (χ3n) is 3.40. The molecule has 5 heteroatoms. The Bertz CT molecular complexity index is 845. The van der Waals surface area contributed by atoms with Gasteiger partial charge in [-0.1, -0.05) is 30.3 Å². The number of nitrogens with zero attached hydrogens (tertiary/aromatic N) is 3. The van der Waals surface area contributed by atoms with Crippen LogP contribution in [0.15, 0.2) is 64.0 Å². The lowest BCUT2D eigenvalue weighted by Gasteiger charge is -2.16. The monoisotopic (exact) mass is 357 g/mol. The van der Waals surface area contributed by atoms with E-state index in [1.54, 1.807) is 16.7 Å². The molecule has 3 rings (SSSR count). The Hall–Kier alpha value is -1.98. The van der Waals surface area contributed by atoms with Crippen molar-refractivity contribution in [2.24, 2.45) is 0 Å². The Balaban J connectivity index is 1.82. The molecule has 2 heterocycles. The number of aromatic nitrogens is 2. The zero-order valence-electron chi connectivity index (χ0n) is 12.2. The Kier molecular flexibility index (Phi) is 4.36. The molecular weight excluding hydrogens is 342 g/mol. The predicted octanol–water partition coefficient (Wildman–Crippen LogP) is 3.09. The summed E-state index contributed by atoms with van der Waals surface area (Å²) in [7, 11) is 2.03. The molecule has 0 aliphatic heterocycles.